The number of para-hydroxylation sites is 1. The fourth-order valence-corrected chi connectivity index (χ4v) is 1.77. The quantitative estimate of drug-likeness (QED) is 0.833. The second-order valence-corrected chi connectivity index (χ2v) is 4.63. The number of anilines is 1. The number of hydrogen-bond donors (Lipinski definition) is 1. The Hall–Kier alpha value is -2.35. The molecule has 0 saturated heterocycles. The molecular formula is C14H14N2O3. The van der Waals surface area contributed by atoms with E-state index >= 15 is 0 Å². The highest BCUT2D eigenvalue weighted by molar-refractivity contribution is 5.94. The fourth-order valence-electron chi connectivity index (χ4n) is 1.77. The normalized spacial score (nSPS) is 20.2. The molecule has 1 amide bonds. The van der Waals surface area contributed by atoms with E-state index in [0.717, 1.165) is 6.42 Å². The van der Waals surface area contributed by atoms with Gasteiger partial charge in [-0.15, -0.1) is 0 Å². The Labute approximate surface area is 111 Å². The maximum absolute atomic E-state index is 11.6. The van der Waals surface area contributed by atoms with Gasteiger partial charge in [-0.3, -0.25) is 9.59 Å². The van der Waals surface area contributed by atoms with Gasteiger partial charge in [-0.1, -0.05) is 19.1 Å². The summed E-state index contributed by atoms with van der Waals surface area (Å²) in [5.41, 5.74) is 0.795. The molecule has 1 N–H and O–H groups in total. The van der Waals surface area contributed by atoms with E-state index < -0.39 is 5.91 Å². The topological polar surface area (TPSA) is 79.2 Å². The Balaban J connectivity index is 1.84. The molecule has 1 aliphatic rings. The van der Waals surface area contributed by atoms with Gasteiger partial charge in [-0.05, 0) is 24.5 Å². The second kappa shape index (κ2) is 5.53. The molecule has 1 fully saturated rings. The molecular weight excluding hydrogens is 244 g/mol. The molecule has 0 radical (unpaired) electrons. The molecule has 0 aromatic heterocycles. The van der Waals surface area contributed by atoms with Gasteiger partial charge in [0.1, 0.15) is 6.07 Å². The summed E-state index contributed by atoms with van der Waals surface area (Å²) < 4.78 is 4.91. The lowest BCUT2D eigenvalue weighted by atomic mass is 10.2. The van der Waals surface area contributed by atoms with Gasteiger partial charge in [0.05, 0.1) is 17.2 Å². The summed E-state index contributed by atoms with van der Waals surface area (Å²) in [6.07, 6.45) is 0.831. The average Bonchev–Trinajstić information content (AvgIpc) is 3.14. The Morgan fingerprint density at radius 2 is 2.16 bits per heavy atom. The minimum Gasteiger partial charge on any atom is -0.455 e. The van der Waals surface area contributed by atoms with Crippen molar-refractivity contribution in [3.05, 3.63) is 29.8 Å². The number of hydrogen-bond acceptors (Lipinski definition) is 4. The van der Waals surface area contributed by atoms with Crippen LogP contribution in [-0.2, 0) is 14.3 Å². The van der Waals surface area contributed by atoms with E-state index in [1.165, 1.54) is 0 Å². The molecule has 0 spiro atoms. The first-order valence-electron chi connectivity index (χ1n) is 6.07. The van der Waals surface area contributed by atoms with Crippen LogP contribution in [0, 0.1) is 23.2 Å². The van der Waals surface area contributed by atoms with Crippen molar-refractivity contribution in [2.45, 2.75) is 13.3 Å². The van der Waals surface area contributed by atoms with Crippen LogP contribution in [0.3, 0.4) is 0 Å². The van der Waals surface area contributed by atoms with Gasteiger partial charge in [-0.25, -0.2) is 0 Å². The van der Waals surface area contributed by atoms with E-state index in [4.69, 9.17) is 10.00 Å². The molecule has 2 atom stereocenters. The van der Waals surface area contributed by atoms with E-state index in [9.17, 15) is 9.59 Å². The smallest absolute Gasteiger partial charge is 0.309 e. The molecule has 1 aliphatic carbocycles. The van der Waals surface area contributed by atoms with Crippen molar-refractivity contribution in [3.63, 3.8) is 0 Å². The Morgan fingerprint density at radius 1 is 1.47 bits per heavy atom. The lowest BCUT2D eigenvalue weighted by Gasteiger charge is -2.07. The molecule has 5 heteroatoms. The zero-order chi connectivity index (χ0) is 13.8. The van der Waals surface area contributed by atoms with Crippen molar-refractivity contribution in [2.24, 2.45) is 11.8 Å². The predicted octanol–water partition coefficient (Wildman–Crippen LogP) is 1.70. The maximum Gasteiger partial charge on any atom is 0.309 e. The van der Waals surface area contributed by atoms with Gasteiger partial charge in [0.15, 0.2) is 6.61 Å². The zero-order valence-corrected chi connectivity index (χ0v) is 10.6. The number of benzene rings is 1. The summed E-state index contributed by atoms with van der Waals surface area (Å²) in [5, 5.41) is 11.4. The first kappa shape index (κ1) is 13.1. The summed E-state index contributed by atoms with van der Waals surface area (Å²) in [6.45, 7) is 1.65. The predicted molar refractivity (Wildman–Crippen MR) is 68.0 cm³/mol. The number of carbonyl (C=O) groups excluding carboxylic acids is 2. The van der Waals surface area contributed by atoms with Crippen LogP contribution < -0.4 is 5.32 Å². The minimum atomic E-state index is -0.440. The summed E-state index contributed by atoms with van der Waals surface area (Å²) in [7, 11) is 0. The van der Waals surface area contributed by atoms with Crippen LogP contribution in [0.1, 0.15) is 18.9 Å². The number of amides is 1. The van der Waals surface area contributed by atoms with E-state index in [1.54, 1.807) is 24.3 Å². The number of nitrogens with one attached hydrogen (secondary N) is 1. The van der Waals surface area contributed by atoms with Crippen molar-refractivity contribution in [1.29, 1.82) is 5.26 Å². The molecule has 0 bridgehead atoms. The molecule has 0 unspecified atom stereocenters. The monoisotopic (exact) mass is 258 g/mol. The van der Waals surface area contributed by atoms with Crippen molar-refractivity contribution < 1.29 is 14.3 Å². The molecule has 1 aromatic rings. The lowest BCUT2D eigenvalue weighted by molar-refractivity contribution is -0.148. The molecule has 0 aliphatic heterocycles. The molecule has 2 rings (SSSR count). The molecule has 19 heavy (non-hydrogen) atoms. The van der Waals surface area contributed by atoms with Gasteiger partial charge in [-0.2, -0.15) is 5.26 Å². The average molecular weight is 258 g/mol. The Bertz CT molecular complexity index is 548. The minimum absolute atomic E-state index is 0.0563. The van der Waals surface area contributed by atoms with Crippen LogP contribution in [0.5, 0.6) is 0 Å². The van der Waals surface area contributed by atoms with E-state index in [-0.39, 0.29) is 18.5 Å². The number of nitrogens with zero attached hydrogens (tertiary/aromatic N) is 1. The van der Waals surface area contributed by atoms with Crippen molar-refractivity contribution in [3.8, 4) is 6.07 Å². The van der Waals surface area contributed by atoms with Crippen LogP contribution in [0.25, 0.3) is 0 Å². The van der Waals surface area contributed by atoms with Crippen LogP contribution in [-0.4, -0.2) is 18.5 Å². The third-order valence-electron chi connectivity index (χ3n) is 3.08. The van der Waals surface area contributed by atoms with Crippen molar-refractivity contribution in [1.82, 2.24) is 0 Å². The van der Waals surface area contributed by atoms with Crippen LogP contribution in [0.15, 0.2) is 24.3 Å². The fraction of sp³-hybridized carbons (Fsp3) is 0.357. The molecule has 5 nitrogen and oxygen atoms in total. The summed E-state index contributed by atoms with van der Waals surface area (Å²) in [5.74, 6) is -0.463. The van der Waals surface area contributed by atoms with E-state index in [1.807, 2.05) is 13.0 Å². The highest BCUT2D eigenvalue weighted by Gasteiger charge is 2.40. The van der Waals surface area contributed by atoms with Gasteiger partial charge in [0.2, 0.25) is 0 Å². The molecule has 1 aromatic carbocycles. The third-order valence-corrected chi connectivity index (χ3v) is 3.08. The highest BCUT2D eigenvalue weighted by atomic mass is 16.5. The highest BCUT2D eigenvalue weighted by Crippen LogP contribution is 2.38. The second-order valence-electron chi connectivity index (χ2n) is 4.63. The molecule has 1 saturated carbocycles. The number of rotatable bonds is 4. The number of carbonyl (C=O) groups is 2. The largest absolute Gasteiger partial charge is 0.455 e. The third kappa shape index (κ3) is 3.32. The summed E-state index contributed by atoms with van der Waals surface area (Å²) in [6, 6.07) is 8.64. The standard InChI is InChI=1S/C14H14N2O3/c1-9-6-11(9)14(18)19-8-13(17)16-12-5-3-2-4-10(12)7-15/h2-5,9,11H,6,8H2,1H3,(H,16,17)/t9-,11+/m0/s1. The van der Waals surface area contributed by atoms with Gasteiger partial charge in [0.25, 0.3) is 5.91 Å². The van der Waals surface area contributed by atoms with Gasteiger partial charge < -0.3 is 10.1 Å². The Kier molecular flexibility index (Phi) is 3.81. The summed E-state index contributed by atoms with van der Waals surface area (Å²) >= 11 is 0. The zero-order valence-electron chi connectivity index (χ0n) is 10.6. The van der Waals surface area contributed by atoms with Crippen LogP contribution >= 0.6 is 0 Å². The molecule has 0 heterocycles. The SMILES string of the molecule is C[C@H]1C[C@H]1C(=O)OCC(=O)Nc1ccccc1C#N. The Morgan fingerprint density at radius 3 is 2.79 bits per heavy atom. The number of esters is 1. The number of ether oxygens (including phenoxy) is 1. The molecule has 98 valence electrons. The van der Waals surface area contributed by atoms with Crippen LogP contribution in [0.4, 0.5) is 5.69 Å². The maximum atomic E-state index is 11.6. The first-order chi connectivity index (χ1) is 9.11. The van der Waals surface area contributed by atoms with Gasteiger partial charge in [0, 0.05) is 0 Å². The summed E-state index contributed by atoms with van der Waals surface area (Å²) in [4.78, 5) is 23.1. The number of nitriles is 1. The van der Waals surface area contributed by atoms with Gasteiger partial charge >= 0.3 is 5.97 Å². The van der Waals surface area contributed by atoms with E-state index in [2.05, 4.69) is 5.32 Å². The van der Waals surface area contributed by atoms with Crippen molar-refractivity contribution in [2.75, 3.05) is 11.9 Å². The first-order valence-corrected chi connectivity index (χ1v) is 6.07. The van der Waals surface area contributed by atoms with Crippen molar-refractivity contribution >= 4 is 17.6 Å². The van der Waals surface area contributed by atoms with Crippen LogP contribution in [0.2, 0.25) is 0 Å². The van der Waals surface area contributed by atoms with E-state index in [0.29, 0.717) is 17.2 Å². The lowest BCUT2D eigenvalue weighted by Crippen LogP contribution is -2.22.